The molecule has 1 atom stereocenters. The highest BCUT2D eigenvalue weighted by atomic mass is 35.5. The van der Waals surface area contributed by atoms with Crippen molar-refractivity contribution in [3.63, 3.8) is 0 Å². The molecule has 0 spiro atoms. The minimum absolute atomic E-state index is 0.0375. The van der Waals surface area contributed by atoms with E-state index in [9.17, 15) is 18.0 Å². The molecular weight excluding hydrogens is 518 g/mol. The zero-order chi connectivity index (χ0) is 26.6. The van der Waals surface area contributed by atoms with E-state index in [-0.39, 0.29) is 31.0 Å². The van der Waals surface area contributed by atoms with Crippen molar-refractivity contribution in [3.8, 4) is 11.5 Å². The standard InChI is InChI=1S/C26H32ClN3O6S/c1-18(26(32)28-20-9-4-3-5-10-20)29(15-19-8-6-7-11-22(19)27)25(31)16-30(37(2,33)34)21-12-13-23-24(14-21)36-17-35-23/h6-8,11-14,18,20H,3-5,9-10,15-17H2,1-2H3,(H,28,32)/t18-/m1/s1. The Morgan fingerprint density at radius 3 is 2.49 bits per heavy atom. The number of sulfonamides is 1. The molecule has 0 aromatic heterocycles. The molecule has 2 aromatic rings. The molecule has 1 aliphatic carbocycles. The predicted molar refractivity (Wildman–Crippen MR) is 141 cm³/mol. The van der Waals surface area contributed by atoms with Gasteiger partial charge in [0.05, 0.1) is 11.9 Å². The van der Waals surface area contributed by atoms with Gasteiger partial charge in [-0.05, 0) is 43.5 Å². The van der Waals surface area contributed by atoms with Crippen LogP contribution in [0.4, 0.5) is 5.69 Å². The number of nitrogens with zero attached hydrogens (tertiary/aromatic N) is 2. The Morgan fingerprint density at radius 2 is 1.78 bits per heavy atom. The van der Waals surface area contributed by atoms with Gasteiger partial charge in [0.25, 0.3) is 0 Å². The molecule has 2 amide bonds. The number of anilines is 1. The van der Waals surface area contributed by atoms with E-state index in [0.717, 1.165) is 42.7 Å². The van der Waals surface area contributed by atoms with Gasteiger partial charge in [-0.3, -0.25) is 13.9 Å². The van der Waals surface area contributed by atoms with Crippen molar-refractivity contribution < 1.29 is 27.5 Å². The summed E-state index contributed by atoms with van der Waals surface area (Å²) in [6.45, 7) is 1.24. The van der Waals surface area contributed by atoms with Crippen molar-refractivity contribution in [1.29, 1.82) is 0 Å². The largest absolute Gasteiger partial charge is 0.454 e. The first-order chi connectivity index (χ1) is 17.6. The van der Waals surface area contributed by atoms with E-state index in [1.54, 1.807) is 43.3 Å². The van der Waals surface area contributed by atoms with Gasteiger partial charge >= 0.3 is 0 Å². The average Bonchev–Trinajstić information content (AvgIpc) is 3.34. The fourth-order valence-electron chi connectivity index (χ4n) is 4.62. The number of carbonyl (C=O) groups excluding carboxylic acids is 2. The van der Waals surface area contributed by atoms with Crippen LogP contribution in [0.15, 0.2) is 42.5 Å². The van der Waals surface area contributed by atoms with Gasteiger partial charge in [-0.2, -0.15) is 0 Å². The Morgan fingerprint density at radius 1 is 1.08 bits per heavy atom. The summed E-state index contributed by atoms with van der Waals surface area (Å²) in [4.78, 5) is 28.3. The van der Waals surface area contributed by atoms with Crippen LogP contribution in [0.2, 0.25) is 5.02 Å². The van der Waals surface area contributed by atoms with Gasteiger partial charge in [-0.15, -0.1) is 0 Å². The van der Waals surface area contributed by atoms with Crippen LogP contribution in [-0.4, -0.2) is 56.8 Å². The maximum absolute atomic E-state index is 13.7. The second-order valence-electron chi connectivity index (χ2n) is 9.44. The Bertz CT molecular complexity index is 1250. The molecule has 4 rings (SSSR count). The first-order valence-corrected chi connectivity index (χ1v) is 14.6. The Hall–Kier alpha value is -2.98. The molecule has 1 aliphatic heterocycles. The Balaban J connectivity index is 1.59. The minimum atomic E-state index is -3.85. The number of nitrogens with one attached hydrogen (secondary N) is 1. The van der Waals surface area contributed by atoms with E-state index >= 15 is 0 Å². The molecule has 2 aromatic carbocycles. The molecule has 0 radical (unpaired) electrons. The molecule has 0 bridgehead atoms. The number of ether oxygens (including phenoxy) is 2. The molecule has 1 saturated carbocycles. The van der Waals surface area contributed by atoms with E-state index < -0.39 is 28.5 Å². The first kappa shape index (κ1) is 27.1. The topological polar surface area (TPSA) is 105 Å². The molecule has 0 unspecified atom stereocenters. The number of rotatable bonds is 9. The number of halogens is 1. The van der Waals surface area contributed by atoms with Gasteiger partial charge < -0.3 is 19.7 Å². The van der Waals surface area contributed by atoms with Crippen molar-refractivity contribution in [2.24, 2.45) is 0 Å². The van der Waals surface area contributed by atoms with Gasteiger partial charge in [0, 0.05) is 23.7 Å². The summed E-state index contributed by atoms with van der Waals surface area (Å²) in [6.07, 6.45) is 6.11. The summed E-state index contributed by atoms with van der Waals surface area (Å²) < 4.78 is 37.2. The highest BCUT2D eigenvalue weighted by Gasteiger charge is 2.32. The smallest absolute Gasteiger partial charge is 0.244 e. The van der Waals surface area contributed by atoms with Crippen LogP contribution in [0.5, 0.6) is 11.5 Å². The SMILES string of the molecule is C[C@H](C(=O)NC1CCCCC1)N(Cc1ccccc1Cl)C(=O)CN(c1ccc2c(c1)OCO2)S(C)(=O)=O. The van der Waals surface area contributed by atoms with Crippen LogP contribution in [0.1, 0.15) is 44.6 Å². The quantitative estimate of drug-likeness (QED) is 0.511. The minimum Gasteiger partial charge on any atom is -0.454 e. The van der Waals surface area contributed by atoms with Crippen molar-refractivity contribution in [3.05, 3.63) is 53.1 Å². The van der Waals surface area contributed by atoms with Crippen LogP contribution < -0.4 is 19.1 Å². The summed E-state index contributed by atoms with van der Waals surface area (Å²) in [5.41, 5.74) is 0.918. The zero-order valence-corrected chi connectivity index (χ0v) is 22.6. The number of amides is 2. The fourth-order valence-corrected chi connectivity index (χ4v) is 5.65. The Kier molecular flexibility index (Phi) is 8.49. The van der Waals surface area contributed by atoms with Crippen molar-refractivity contribution in [2.45, 2.75) is 57.7 Å². The molecular formula is C26H32ClN3O6S. The molecule has 1 fully saturated rings. The van der Waals surface area contributed by atoms with Crippen LogP contribution >= 0.6 is 11.6 Å². The lowest BCUT2D eigenvalue weighted by molar-refractivity contribution is -0.139. The lowest BCUT2D eigenvalue weighted by Gasteiger charge is -2.33. The molecule has 1 N–H and O–H groups in total. The second-order valence-corrected chi connectivity index (χ2v) is 11.8. The normalized spacial score (nSPS) is 16.2. The van der Waals surface area contributed by atoms with Crippen molar-refractivity contribution in [1.82, 2.24) is 10.2 Å². The third-order valence-electron chi connectivity index (χ3n) is 6.74. The van der Waals surface area contributed by atoms with E-state index in [1.165, 1.54) is 11.0 Å². The zero-order valence-electron chi connectivity index (χ0n) is 21.0. The number of carbonyl (C=O) groups is 2. The Labute approximate surface area is 222 Å². The van der Waals surface area contributed by atoms with Crippen LogP contribution in [0.3, 0.4) is 0 Å². The highest BCUT2D eigenvalue weighted by Crippen LogP contribution is 2.36. The number of fused-ring (bicyclic) bond motifs is 1. The molecule has 11 heteroatoms. The van der Waals surface area contributed by atoms with Gasteiger partial charge in [-0.25, -0.2) is 8.42 Å². The maximum atomic E-state index is 13.7. The van der Waals surface area contributed by atoms with Crippen molar-refractivity contribution in [2.75, 3.05) is 23.9 Å². The summed E-state index contributed by atoms with van der Waals surface area (Å²) in [7, 11) is -3.85. The van der Waals surface area contributed by atoms with Gasteiger partial charge in [0.1, 0.15) is 12.6 Å². The highest BCUT2D eigenvalue weighted by molar-refractivity contribution is 7.92. The van der Waals surface area contributed by atoms with Gasteiger partial charge in [0.2, 0.25) is 28.6 Å². The first-order valence-electron chi connectivity index (χ1n) is 12.3. The van der Waals surface area contributed by atoms with E-state index in [1.807, 2.05) is 0 Å². The number of benzene rings is 2. The third kappa shape index (κ3) is 6.67. The summed E-state index contributed by atoms with van der Waals surface area (Å²) in [6, 6.07) is 11.0. The molecule has 2 aliphatic rings. The molecule has 9 nitrogen and oxygen atoms in total. The maximum Gasteiger partial charge on any atom is 0.244 e. The van der Waals surface area contributed by atoms with Crippen molar-refractivity contribution >= 4 is 39.1 Å². The molecule has 37 heavy (non-hydrogen) atoms. The third-order valence-corrected chi connectivity index (χ3v) is 8.25. The fraction of sp³-hybridized carbons (Fsp3) is 0.462. The van der Waals surface area contributed by atoms with Gasteiger partial charge in [0.15, 0.2) is 11.5 Å². The lowest BCUT2D eigenvalue weighted by atomic mass is 9.95. The van der Waals surface area contributed by atoms with E-state index in [2.05, 4.69) is 5.32 Å². The van der Waals surface area contributed by atoms with Crippen LogP contribution in [0, 0.1) is 0 Å². The average molecular weight is 550 g/mol. The predicted octanol–water partition coefficient (Wildman–Crippen LogP) is 3.70. The molecule has 200 valence electrons. The number of hydrogen-bond acceptors (Lipinski definition) is 6. The van der Waals surface area contributed by atoms with E-state index in [4.69, 9.17) is 21.1 Å². The van der Waals surface area contributed by atoms with Crippen LogP contribution in [0.25, 0.3) is 0 Å². The second kappa shape index (κ2) is 11.6. The number of hydrogen-bond donors (Lipinski definition) is 1. The molecule has 0 saturated heterocycles. The lowest BCUT2D eigenvalue weighted by Crippen LogP contribution is -2.53. The monoisotopic (exact) mass is 549 g/mol. The van der Waals surface area contributed by atoms with Crippen LogP contribution in [-0.2, 0) is 26.2 Å². The molecule has 1 heterocycles. The summed E-state index contributed by atoms with van der Waals surface area (Å²) >= 11 is 6.37. The van der Waals surface area contributed by atoms with Gasteiger partial charge in [-0.1, -0.05) is 49.1 Å². The summed E-state index contributed by atoms with van der Waals surface area (Å²) in [5.74, 6) is 0.0826. The van der Waals surface area contributed by atoms with E-state index in [0.29, 0.717) is 22.1 Å². The summed E-state index contributed by atoms with van der Waals surface area (Å²) in [5, 5.41) is 3.52.